The lowest BCUT2D eigenvalue weighted by molar-refractivity contribution is -0.138. The zero-order valence-corrected chi connectivity index (χ0v) is 18.6. The van der Waals surface area contributed by atoms with Gasteiger partial charge in [-0.05, 0) is 50.6 Å². The molecule has 1 aromatic heterocycles. The van der Waals surface area contributed by atoms with Crippen LogP contribution < -0.4 is 9.64 Å². The van der Waals surface area contributed by atoms with Crippen molar-refractivity contribution >= 4 is 11.7 Å². The number of anilines is 1. The van der Waals surface area contributed by atoms with E-state index >= 15 is 0 Å². The number of aromatic nitrogens is 2. The molecule has 0 bridgehead atoms. The number of hydrogen-bond donors (Lipinski definition) is 0. The van der Waals surface area contributed by atoms with E-state index in [1.165, 1.54) is 23.3 Å². The molecule has 1 unspecified atom stereocenters. The number of nitrogens with zero attached hydrogens (tertiary/aromatic N) is 4. The molecule has 4 rings (SSSR count). The van der Waals surface area contributed by atoms with Crippen molar-refractivity contribution in [2.75, 3.05) is 31.1 Å². The molecule has 1 amide bonds. The van der Waals surface area contributed by atoms with Gasteiger partial charge in [0.1, 0.15) is 0 Å². The molecule has 1 atom stereocenters. The minimum absolute atomic E-state index is 0.0890. The molecular weight excluding hydrogens is 407 g/mol. The molecule has 1 aliphatic heterocycles. The van der Waals surface area contributed by atoms with Gasteiger partial charge in [-0.25, -0.2) is 4.39 Å². The van der Waals surface area contributed by atoms with Gasteiger partial charge >= 0.3 is 0 Å². The van der Waals surface area contributed by atoms with Gasteiger partial charge < -0.3 is 14.5 Å². The fraction of sp³-hybridized carbons (Fsp3) is 0.320. The molecule has 0 radical (unpaired) electrons. The van der Waals surface area contributed by atoms with Crippen LogP contribution in [0.5, 0.6) is 5.75 Å². The number of carbonyl (C=O) groups is 1. The topological polar surface area (TPSA) is 58.6 Å². The Balaban J connectivity index is 1.35. The smallest absolute Gasteiger partial charge is 0.263 e. The summed E-state index contributed by atoms with van der Waals surface area (Å²) >= 11 is 0. The van der Waals surface area contributed by atoms with Gasteiger partial charge in [-0.1, -0.05) is 35.9 Å². The average Bonchev–Trinajstić information content (AvgIpc) is 2.80. The third-order valence-corrected chi connectivity index (χ3v) is 5.71. The first-order valence-corrected chi connectivity index (χ1v) is 10.8. The highest BCUT2D eigenvalue weighted by molar-refractivity contribution is 5.81. The Morgan fingerprint density at radius 2 is 1.75 bits per heavy atom. The maximum atomic E-state index is 13.8. The normalized spacial score (nSPS) is 14.9. The van der Waals surface area contributed by atoms with Crippen molar-refractivity contribution in [3.8, 4) is 17.0 Å². The second kappa shape index (κ2) is 9.34. The van der Waals surface area contributed by atoms with Crippen LogP contribution in [0, 0.1) is 19.7 Å². The Kier molecular flexibility index (Phi) is 6.35. The number of amides is 1. The monoisotopic (exact) mass is 434 g/mol. The van der Waals surface area contributed by atoms with Gasteiger partial charge in [0.2, 0.25) is 0 Å². The summed E-state index contributed by atoms with van der Waals surface area (Å²) < 4.78 is 19.3. The third-order valence-electron chi connectivity index (χ3n) is 5.71. The molecule has 32 heavy (non-hydrogen) atoms. The fourth-order valence-electron chi connectivity index (χ4n) is 3.93. The van der Waals surface area contributed by atoms with E-state index in [2.05, 4.69) is 47.1 Å². The molecule has 2 aromatic carbocycles. The highest BCUT2D eigenvalue weighted by Crippen LogP contribution is 2.24. The first kappa shape index (κ1) is 21.7. The molecule has 166 valence electrons. The standard InChI is InChI=1S/C25H27FN4O2/c1-17-8-9-20(18(2)16-17)22-10-11-24(28-27-22)29-12-14-30(15-13-29)25(31)19(3)32-23-7-5-4-6-21(23)26/h4-11,16,19H,12-15H2,1-3H3. The maximum Gasteiger partial charge on any atom is 0.263 e. The summed E-state index contributed by atoms with van der Waals surface area (Å²) in [6.45, 7) is 8.19. The van der Waals surface area contributed by atoms with Gasteiger partial charge in [-0.15, -0.1) is 10.2 Å². The van der Waals surface area contributed by atoms with Crippen LogP contribution in [0.15, 0.2) is 54.6 Å². The molecule has 0 aliphatic carbocycles. The van der Waals surface area contributed by atoms with Crippen LogP contribution in [0.3, 0.4) is 0 Å². The Labute approximate surface area is 187 Å². The summed E-state index contributed by atoms with van der Waals surface area (Å²) in [5, 5.41) is 8.84. The van der Waals surface area contributed by atoms with Crippen LogP contribution in [0.25, 0.3) is 11.3 Å². The van der Waals surface area contributed by atoms with Crippen LogP contribution >= 0.6 is 0 Å². The molecule has 1 aliphatic rings. The molecule has 3 aromatic rings. The summed E-state index contributed by atoms with van der Waals surface area (Å²) in [5.74, 6) is 0.261. The highest BCUT2D eigenvalue weighted by atomic mass is 19.1. The first-order chi connectivity index (χ1) is 15.4. The second-order valence-corrected chi connectivity index (χ2v) is 8.10. The lowest BCUT2D eigenvalue weighted by Crippen LogP contribution is -2.52. The SMILES string of the molecule is Cc1ccc(-c2ccc(N3CCN(C(=O)C(C)Oc4ccccc4F)CC3)nn2)c(C)c1. The van der Waals surface area contributed by atoms with Gasteiger partial charge in [0.25, 0.3) is 5.91 Å². The van der Waals surface area contributed by atoms with Crippen molar-refractivity contribution in [1.82, 2.24) is 15.1 Å². The van der Waals surface area contributed by atoms with Crippen molar-refractivity contribution in [1.29, 1.82) is 0 Å². The van der Waals surface area contributed by atoms with E-state index in [4.69, 9.17) is 4.74 Å². The van der Waals surface area contributed by atoms with Gasteiger partial charge in [-0.2, -0.15) is 0 Å². The van der Waals surface area contributed by atoms with E-state index in [0.717, 1.165) is 17.1 Å². The summed E-state index contributed by atoms with van der Waals surface area (Å²) in [7, 11) is 0. The quantitative estimate of drug-likeness (QED) is 0.607. The van der Waals surface area contributed by atoms with Crippen LogP contribution in [0.4, 0.5) is 10.2 Å². The number of aryl methyl sites for hydroxylation is 2. The Hall–Kier alpha value is -3.48. The molecule has 0 spiro atoms. The lowest BCUT2D eigenvalue weighted by atomic mass is 10.0. The average molecular weight is 435 g/mol. The second-order valence-electron chi connectivity index (χ2n) is 8.10. The molecular formula is C25H27FN4O2. The minimum Gasteiger partial charge on any atom is -0.478 e. The van der Waals surface area contributed by atoms with Crippen LogP contribution in [-0.4, -0.2) is 53.3 Å². The van der Waals surface area contributed by atoms with Crippen molar-refractivity contribution in [3.05, 3.63) is 71.5 Å². The predicted octanol–water partition coefficient (Wildman–Crippen LogP) is 4.02. The molecule has 0 N–H and O–H groups in total. The molecule has 7 heteroatoms. The molecule has 6 nitrogen and oxygen atoms in total. The molecule has 1 saturated heterocycles. The van der Waals surface area contributed by atoms with Gasteiger partial charge in [0, 0.05) is 31.7 Å². The van der Waals surface area contributed by atoms with Crippen molar-refractivity contribution < 1.29 is 13.9 Å². The summed E-state index contributed by atoms with van der Waals surface area (Å²) in [4.78, 5) is 16.6. The largest absolute Gasteiger partial charge is 0.478 e. The van der Waals surface area contributed by atoms with Crippen LogP contribution in [-0.2, 0) is 4.79 Å². The predicted molar refractivity (Wildman–Crippen MR) is 122 cm³/mol. The molecule has 1 fully saturated rings. The number of ether oxygens (including phenoxy) is 1. The zero-order chi connectivity index (χ0) is 22.7. The van der Waals surface area contributed by atoms with E-state index < -0.39 is 11.9 Å². The van der Waals surface area contributed by atoms with Gasteiger partial charge in [0.15, 0.2) is 23.5 Å². The summed E-state index contributed by atoms with van der Waals surface area (Å²) in [6.07, 6.45) is -0.754. The lowest BCUT2D eigenvalue weighted by Gasteiger charge is -2.36. The Morgan fingerprint density at radius 1 is 1.00 bits per heavy atom. The number of carbonyl (C=O) groups excluding carboxylic acids is 1. The van der Waals surface area contributed by atoms with E-state index in [9.17, 15) is 9.18 Å². The van der Waals surface area contributed by atoms with Crippen molar-refractivity contribution in [2.24, 2.45) is 0 Å². The van der Waals surface area contributed by atoms with Gasteiger partial charge in [0.05, 0.1) is 5.69 Å². The maximum absolute atomic E-state index is 13.8. The highest BCUT2D eigenvalue weighted by Gasteiger charge is 2.27. The summed E-state index contributed by atoms with van der Waals surface area (Å²) in [5.41, 5.74) is 4.32. The third kappa shape index (κ3) is 4.72. The van der Waals surface area contributed by atoms with E-state index in [1.807, 2.05) is 12.1 Å². The zero-order valence-electron chi connectivity index (χ0n) is 18.6. The van der Waals surface area contributed by atoms with Crippen molar-refractivity contribution in [3.63, 3.8) is 0 Å². The van der Waals surface area contributed by atoms with Crippen LogP contribution in [0.2, 0.25) is 0 Å². The number of para-hydroxylation sites is 1. The van der Waals surface area contributed by atoms with E-state index in [-0.39, 0.29) is 11.7 Å². The number of hydrogen-bond acceptors (Lipinski definition) is 5. The fourth-order valence-corrected chi connectivity index (χ4v) is 3.93. The van der Waals surface area contributed by atoms with Crippen LogP contribution in [0.1, 0.15) is 18.1 Å². The van der Waals surface area contributed by atoms with E-state index in [0.29, 0.717) is 26.2 Å². The number of benzene rings is 2. The van der Waals surface area contributed by atoms with Gasteiger partial charge in [-0.3, -0.25) is 4.79 Å². The molecule has 2 heterocycles. The Morgan fingerprint density at radius 3 is 2.41 bits per heavy atom. The summed E-state index contributed by atoms with van der Waals surface area (Å²) in [6, 6.07) is 16.4. The number of piperazine rings is 1. The minimum atomic E-state index is -0.754. The van der Waals surface area contributed by atoms with E-state index in [1.54, 1.807) is 24.0 Å². The number of rotatable bonds is 5. The Bertz CT molecular complexity index is 1100. The molecule has 0 saturated carbocycles. The van der Waals surface area contributed by atoms with Crippen molar-refractivity contribution in [2.45, 2.75) is 26.9 Å². The first-order valence-electron chi connectivity index (χ1n) is 10.8. The number of halogens is 1.